The summed E-state index contributed by atoms with van der Waals surface area (Å²) in [6.45, 7) is 2.59. The van der Waals surface area contributed by atoms with E-state index in [4.69, 9.17) is 4.42 Å². The molecule has 0 saturated carbocycles. The molecule has 6 heteroatoms. The van der Waals surface area contributed by atoms with Gasteiger partial charge in [-0.1, -0.05) is 18.2 Å². The average molecular weight is 350 g/mol. The smallest absolute Gasteiger partial charge is 0.254 e. The van der Waals surface area contributed by atoms with Crippen molar-refractivity contribution >= 4 is 5.91 Å². The Labute approximate surface area is 152 Å². The summed E-state index contributed by atoms with van der Waals surface area (Å²) in [6, 6.07) is 13.7. The molecule has 1 aromatic carbocycles. The molecule has 1 saturated heterocycles. The first-order chi connectivity index (χ1) is 12.8. The van der Waals surface area contributed by atoms with Gasteiger partial charge in [0, 0.05) is 12.7 Å². The van der Waals surface area contributed by atoms with Crippen LogP contribution in [0.15, 0.2) is 65.5 Å². The third-order valence-corrected chi connectivity index (χ3v) is 4.77. The van der Waals surface area contributed by atoms with Crippen LogP contribution in [0.4, 0.5) is 0 Å². The van der Waals surface area contributed by atoms with Crippen molar-refractivity contribution in [1.29, 1.82) is 0 Å². The number of hydrogen-bond donors (Lipinski definition) is 1. The fraction of sp³-hybridized carbons (Fsp3) is 0.300. The molecule has 3 aromatic rings. The number of benzene rings is 1. The molecule has 0 unspecified atom stereocenters. The number of nitrogens with zero attached hydrogens (tertiary/aromatic N) is 3. The van der Waals surface area contributed by atoms with Gasteiger partial charge in [-0.25, -0.2) is 4.68 Å². The first kappa shape index (κ1) is 16.6. The molecule has 0 radical (unpaired) electrons. The standard InChI is InChI=1S/C20H22N4O2/c25-20(16-13-22-24(15-16)17-7-2-1-3-8-17)21-14-18(19-9-6-12-26-19)23-10-4-5-11-23/h1-3,6-9,12-13,15,18H,4-5,10-11,14H2,(H,21,25)/t18-/m0/s1. The van der Waals surface area contributed by atoms with E-state index in [-0.39, 0.29) is 11.9 Å². The number of carbonyl (C=O) groups excluding carboxylic acids is 1. The van der Waals surface area contributed by atoms with E-state index in [1.165, 1.54) is 12.8 Å². The Morgan fingerprint density at radius 2 is 1.96 bits per heavy atom. The van der Waals surface area contributed by atoms with Crippen LogP contribution in [0, 0.1) is 0 Å². The van der Waals surface area contributed by atoms with Gasteiger partial charge < -0.3 is 9.73 Å². The van der Waals surface area contributed by atoms with E-state index in [1.807, 2.05) is 42.5 Å². The Hall–Kier alpha value is -2.86. The minimum absolute atomic E-state index is 0.0700. The highest BCUT2D eigenvalue weighted by atomic mass is 16.3. The Morgan fingerprint density at radius 3 is 2.69 bits per heavy atom. The second-order valence-electron chi connectivity index (χ2n) is 6.49. The van der Waals surface area contributed by atoms with Crippen molar-refractivity contribution in [2.24, 2.45) is 0 Å². The summed E-state index contributed by atoms with van der Waals surface area (Å²) in [7, 11) is 0. The van der Waals surface area contributed by atoms with E-state index >= 15 is 0 Å². The van der Waals surface area contributed by atoms with E-state index in [2.05, 4.69) is 15.3 Å². The molecule has 0 spiro atoms. The number of amides is 1. The summed E-state index contributed by atoms with van der Waals surface area (Å²) >= 11 is 0. The maximum atomic E-state index is 12.6. The highest BCUT2D eigenvalue weighted by Gasteiger charge is 2.26. The Kier molecular flexibility index (Phi) is 4.84. The molecule has 1 aliphatic rings. The predicted molar refractivity (Wildman–Crippen MR) is 98.2 cm³/mol. The van der Waals surface area contributed by atoms with Gasteiger partial charge in [-0.05, 0) is 50.2 Å². The first-order valence-electron chi connectivity index (χ1n) is 8.97. The van der Waals surface area contributed by atoms with Crippen LogP contribution in [0.5, 0.6) is 0 Å². The lowest BCUT2D eigenvalue weighted by Crippen LogP contribution is -2.36. The molecule has 26 heavy (non-hydrogen) atoms. The predicted octanol–water partition coefficient (Wildman–Crippen LogP) is 3.03. The molecule has 3 heterocycles. The van der Waals surface area contributed by atoms with E-state index in [1.54, 1.807) is 23.3 Å². The van der Waals surface area contributed by atoms with E-state index in [0.717, 1.165) is 24.5 Å². The van der Waals surface area contributed by atoms with E-state index in [0.29, 0.717) is 12.1 Å². The van der Waals surface area contributed by atoms with Gasteiger partial charge in [-0.3, -0.25) is 9.69 Å². The first-order valence-corrected chi connectivity index (χ1v) is 8.97. The Morgan fingerprint density at radius 1 is 1.15 bits per heavy atom. The molecule has 6 nitrogen and oxygen atoms in total. The number of para-hydroxylation sites is 1. The average Bonchev–Trinajstić information content (AvgIpc) is 3.44. The maximum Gasteiger partial charge on any atom is 0.254 e. The van der Waals surface area contributed by atoms with Crippen LogP contribution in [0.25, 0.3) is 5.69 Å². The minimum atomic E-state index is -0.122. The number of hydrogen-bond acceptors (Lipinski definition) is 4. The maximum absolute atomic E-state index is 12.6. The Balaban J connectivity index is 1.43. The Bertz CT molecular complexity index is 836. The van der Waals surface area contributed by atoms with Gasteiger partial charge in [-0.15, -0.1) is 0 Å². The second-order valence-corrected chi connectivity index (χ2v) is 6.49. The van der Waals surface area contributed by atoms with Gasteiger partial charge in [0.25, 0.3) is 5.91 Å². The molecule has 1 amide bonds. The highest BCUT2D eigenvalue weighted by Crippen LogP contribution is 2.25. The minimum Gasteiger partial charge on any atom is -0.468 e. The SMILES string of the molecule is O=C(NC[C@@H](c1ccco1)N1CCCC1)c1cnn(-c2ccccc2)c1. The number of likely N-dealkylation sites (tertiary alicyclic amines) is 1. The summed E-state index contributed by atoms with van der Waals surface area (Å²) in [5.41, 5.74) is 1.48. The molecule has 1 fully saturated rings. The van der Waals surface area contributed by atoms with Crippen molar-refractivity contribution in [3.05, 3.63) is 72.4 Å². The van der Waals surface area contributed by atoms with Crippen molar-refractivity contribution in [2.75, 3.05) is 19.6 Å². The number of carbonyl (C=O) groups is 1. The molecule has 2 aromatic heterocycles. The zero-order valence-electron chi connectivity index (χ0n) is 14.5. The van der Waals surface area contributed by atoms with Crippen molar-refractivity contribution in [2.45, 2.75) is 18.9 Å². The van der Waals surface area contributed by atoms with Crippen LogP contribution < -0.4 is 5.32 Å². The normalized spacial score (nSPS) is 15.8. The van der Waals surface area contributed by atoms with Crippen LogP contribution in [0.3, 0.4) is 0 Å². The van der Waals surface area contributed by atoms with Gasteiger partial charge in [0.1, 0.15) is 5.76 Å². The molecule has 0 bridgehead atoms. The zero-order valence-corrected chi connectivity index (χ0v) is 14.5. The molecular formula is C20H22N4O2. The summed E-state index contributed by atoms with van der Waals surface area (Å²) in [4.78, 5) is 14.9. The summed E-state index contributed by atoms with van der Waals surface area (Å²) in [5, 5.41) is 7.32. The molecule has 1 aliphatic heterocycles. The molecule has 134 valence electrons. The summed E-state index contributed by atoms with van der Waals surface area (Å²) in [6.07, 6.45) is 7.41. The quantitative estimate of drug-likeness (QED) is 0.742. The second kappa shape index (κ2) is 7.58. The van der Waals surface area contributed by atoms with Gasteiger partial charge >= 0.3 is 0 Å². The summed E-state index contributed by atoms with van der Waals surface area (Å²) < 4.78 is 7.31. The van der Waals surface area contributed by atoms with Gasteiger partial charge in [0.2, 0.25) is 0 Å². The molecule has 4 rings (SSSR count). The van der Waals surface area contributed by atoms with Gasteiger partial charge in [0.15, 0.2) is 0 Å². The van der Waals surface area contributed by atoms with E-state index in [9.17, 15) is 4.79 Å². The van der Waals surface area contributed by atoms with Crippen LogP contribution in [-0.4, -0.2) is 40.2 Å². The van der Waals surface area contributed by atoms with Crippen molar-refractivity contribution in [3.8, 4) is 5.69 Å². The number of aromatic nitrogens is 2. The zero-order chi connectivity index (χ0) is 17.8. The fourth-order valence-corrected chi connectivity index (χ4v) is 3.40. The number of nitrogens with one attached hydrogen (secondary N) is 1. The topological polar surface area (TPSA) is 63.3 Å². The third-order valence-electron chi connectivity index (χ3n) is 4.77. The lowest BCUT2D eigenvalue weighted by Gasteiger charge is -2.25. The lowest BCUT2D eigenvalue weighted by molar-refractivity contribution is 0.0934. The lowest BCUT2D eigenvalue weighted by atomic mass is 10.2. The number of rotatable bonds is 6. The van der Waals surface area contributed by atoms with Crippen molar-refractivity contribution in [3.63, 3.8) is 0 Å². The summed E-state index contributed by atoms with van der Waals surface area (Å²) in [5.74, 6) is 0.773. The number of furan rings is 1. The molecule has 1 N–H and O–H groups in total. The van der Waals surface area contributed by atoms with Crippen LogP contribution in [0.1, 0.15) is 35.0 Å². The van der Waals surface area contributed by atoms with Crippen molar-refractivity contribution in [1.82, 2.24) is 20.0 Å². The monoisotopic (exact) mass is 350 g/mol. The van der Waals surface area contributed by atoms with E-state index < -0.39 is 0 Å². The molecular weight excluding hydrogens is 328 g/mol. The molecule has 1 atom stereocenters. The van der Waals surface area contributed by atoms with Gasteiger partial charge in [-0.2, -0.15) is 5.10 Å². The van der Waals surface area contributed by atoms with Crippen LogP contribution >= 0.6 is 0 Å². The highest BCUT2D eigenvalue weighted by molar-refractivity contribution is 5.93. The fourth-order valence-electron chi connectivity index (χ4n) is 3.40. The largest absolute Gasteiger partial charge is 0.468 e. The van der Waals surface area contributed by atoms with Crippen LogP contribution in [-0.2, 0) is 0 Å². The van der Waals surface area contributed by atoms with Gasteiger partial charge in [0.05, 0.1) is 29.8 Å². The van der Waals surface area contributed by atoms with Crippen molar-refractivity contribution < 1.29 is 9.21 Å². The third kappa shape index (κ3) is 3.55. The van der Waals surface area contributed by atoms with Crippen LogP contribution in [0.2, 0.25) is 0 Å². The molecule has 0 aliphatic carbocycles.